The minimum atomic E-state index is -0.277. The second-order valence-corrected chi connectivity index (χ2v) is 4.85. The molecular weight excluding hydrogens is 255 g/mol. The number of aromatic nitrogens is 2. The Hall–Kier alpha value is -2.17. The minimum absolute atomic E-state index is 0.159. The van der Waals surface area contributed by atoms with Gasteiger partial charge in [-0.1, -0.05) is 26.0 Å². The fraction of sp³-hybridized carbons (Fsp3) is 0.333. The van der Waals surface area contributed by atoms with Gasteiger partial charge in [0.2, 0.25) is 0 Å². The van der Waals surface area contributed by atoms with Crippen LogP contribution in [0.25, 0.3) is 0 Å². The highest BCUT2D eigenvalue weighted by Gasteiger charge is 2.20. The first-order chi connectivity index (χ1) is 9.56. The highest BCUT2D eigenvalue weighted by molar-refractivity contribution is 5.67. The van der Waals surface area contributed by atoms with Crippen molar-refractivity contribution in [1.82, 2.24) is 9.97 Å². The normalized spacial score (nSPS) is 10.8. The lowest BCUT2D eigenvalue weighted by Crippen LogP contribution is -2.21. The van der Waals surface area contributed by atoms with E-state index in [0.29, 0.717) is 23.9 Å². The molecule has 1 aromatic heterocycles. The van der Waals surface area contributed by atoms with Crippen LogP contribution in [0, 0.1) is 5.82 Å². The van der Waals surface area contributed by atoms with Crippen LogP contribution >= 0.6 is 0 Å². The lowest BCUT2D eigenvalue weighted by Gasteiger charge is -2.26. The van der Waals surface area contributed by atoms with Gasteiger partial charge in [-0.3, -0.25) is 0 Å². The minimum Gasteiger partial charge on any atom is -0.383 e. The zero-order chi connectivity index (χ0) is 14.7. The molecule has 0 aliphatic carbocycles. The molecule has 0 atom stereocenters. The van der Waals surface area contributed by atoms with Gasteiger partial charge in [0, 0.05) is 12.1 Å². The fourth-order valence-corrected chi connectivity index (χ4v) is 2.27. The van der Waals surface area contributed by atoms with Crippen LogP contribution in [0.3, 0.4) is 0 Å². The number of hydrogen-bond donors (Lipinski definition) is 1. The number of para-hydroxylation sites is 1. The van der Waals surface area contributed by atoms with Crippen molar-refractivity contribution in [2.75, 3.05) is 17.2 Å². The molecule has 0 radical (unpaired) electrons. The van der Waals surface area contributed by atoms with Crippen molar-refractivity contribution < 1.29 is 4.39 Å². The molecular formula is C15H19FN4. The van der Waals surface area contributed by atoms with E-state index in [0.717, 1.165) is 5.56 Å². The molecule has 0 aliphatic rings. The maximum Gasteiger partial charge on any atom is 0.146 e. The number of nitrogens with zero attached hydrogens (tertiary/aromatic N) is 3. The van der Waals surface area contributed by atoms with Crippen molar-refractivity contribution in [3.63, 3.8) is 0 Å². The molecule has 0 unspecified atom stereocenters. The van der Waals surface area contributed by atoms with Gasteiger partial charge in [-0.2, -0.15) is 0 Å². The Morgan fingerprint density at radius 1 is 1.25 bits per heavy atom. The summed E-state index contributed by atoms with van der Waals surface area (Å²) in [5.41, 5.74) is 7.30. The first-order valence-corrected chi connectivity index (χ1v) is 6.68. The quantitative estimate of drug-likeness (QED) is 0.927. The van der Waals surface area contributed by atoms with Gasteiger partial charge in [0.1, 0.15) is 23.8 Å². The Morgan fingerprint density at radius 3 is 2.55 bits per heavy atom. The third kappa shape index (κ3) is 2.57. The molecule has 4 nitrogen and oxygen atoms in total. The summed E-state index contributed by atoms with van der Waals surface area (Å²) in [4.78, 5) is 10.2. The largest absolute Gasteiger partial charge is 0.383 e. The van der Waals surface area contributed by atoms with Gasteiger partial charge in [-0.05, 0) is 25.0 Å². The Kier molecular flexibility index (Phi) is 4.17. The average Bonchev–Trinajstić information content (AvgIpc) is 2.41. The highest BCUT2D eigenvalue weighted by atomic mass is 19.1. The summed E-state index contributed by atoms with van der Waals surface area (Å²) in [6.07, 6.45) is 1.42. The molecule has 1 heterocycles. The second kappa shape index (κ2) is 5.86. The van der Waals surface area contributed by atoms with Crippen molar-refractivity contribution in [1.29, 1.82) is 0 Å². The summed E-state index contributed by atoms with van der Waals surface area (Å²) in [5, 5.41) is 0. The van der Waals surface area contributed by atoms with Crippen LogP contribution in [0.1, 0.15) is 32.3 Å². The Bertz CT molecular complexity index is 598. The molecule has 2 aromatic rings. The van der Waals surface area contributed by atoms with Crippen molar-refractivity contribution in [2.45, 2.75) is 26.7 Å². The lowest BCUT2D eigenvalue weighted by molar-refractivity contribution is 0.624. The first-order valence-electron chi connectivity index (χ1n) is 6.68. The summed E-state index contributed by atoms with van der Waals surface area (Å²) < 4.78 is 14.0. The number of benzene rings is 1. The van der Waals surface area contributed by atoms with Gasteiger partial charge in [-0.25, -0.2) is 14.4 Å². The predicted octanol–water partition coefficient (Wildman–Crippen LogP) is 3.48. The molecule has 0 amide bonds. The maximum absolute atomic E-state index is 14.0. The van der Waals surface area contributed by atoms with Gasteiger partial charge >= 0.3 is 0 Å². The van der Waals surface area contributed by atoms with Crippen molar-refractivity contribution in [3.05, 3.63) is 42.0 Å². The van der Waals surface area contributed by atoms with Gasteiger partial charge in [0.25, 0.3) is 0 Å². The number of hydrogen-bond acceptors (Lipinski definition) is 4. The molecule has 0 saturated heterocycles. The number of anilines is 3. The van der Waals surface area contributed by atoms with Crippen LogP contribution in [0.5, 0.6) is 0 Å². The molecule has 1 aromatic carbocycles. The van der Waals surface area contributed by atoms with E-state index < -0.39 is 0 Å². The van der Waals surface area contributed by atoms with E-state index in [1.54, 1.807) is 18.2 Å². The van der Waals surface area contributed by atoms with Crippen LogP contribution in [0.2, 0.25) is 0 Å². The van der Waals surface area contributed by atoms with Gasteiger partial charge in [-0.15, -0.1) is 0 Å². The van der Waals surface area contributed by atoms with Crippen LogP contribution in [-0.4, -0.2) is 16.5 Å². The molecule has 106 valence electrons. The molecule has 0 fully saturated rings. The van der Waals surface area contributed by atoms with Crippen molar-refractivity contribution in [3.8, 4) is 0 Å². The first kappa shape index (κ1) is 14.2. The summed E-state index contributed by atoms with van der Waals surface area (Å²) >= 11 is 0. The Morgan fingerprint density at radius 2 is 1.95 bits per heavy atom. The molecule has 20 heavy (non-hydrogen) atoms. The number of halogens is 1. The zero-order valence-electron chi connectivity index (χ0n) is 12.0. The fourth-order valence-electron chi connectivity index (χ4n) is 2.27. The lowest BCUT2D eigenvalue weighted by atomic mass is 10.0. The molecule has 0 aliphatic heterocycles. The van der Waals surface area contributed by atoms with E-state index in [4.69, 9.17) is 5.73 Å². The maximum atomic E-state index is 14.0. The average molecular weight is 274 g/mol. The van der Waals surface area contributed by atoms with Crippen LogP contribution in [0.15, 0.2) is 30.6 Å². The second-order valence-electron chi connectivity index (χ2n) is 4.85. The summed E-state index contributed by atoms with van der Waals surface area (Å²) in [5.74, 6) is 0.994. The molecule has 5 heteroatoms. The summed E-state index contributed by atoms with van der Waals surface area (Å²) in [7, 11) is 0. The smallest absolute Gasteiger partial charge is 0.146 e. The monoisotopic (exact) mass is 274 g/mol. The molecule has 2 rings (SSSR count). The third-order valence-corrected chi connectivity index (χ3v) is 3.19. The van der Waals surface area contributed by atoms with Gasteiger partial charge < -0.3 is 10.6 Å². The van der Waals surface area contributed by atoms with Crippen LogP contribution < -0.4 is 10.6 Å². The molecule has 0 bridgehead atoms. The Balaban J connectivity index is 2.59. The van der Waals surface area contributed by atoms with E-state index in [1.165, 1.54) is 12.4 Å². The Labute approximate surface area is 118 Å². The van der Waals surface area contributed by atoms with E-state index in [-0.39, 0.29) is 11.7 Å². The van der Waals surface area contributed by atoms with Crippen molar-refractivity contribution in [2.24, 2.45) is 0 Å². The summed E-state index contributed by atoms with van der Waals surface area (Å²) in [6, 6.07) is 6.66. The topological polar surface area (TPSA) is 55.0 Å². The van der Waals surface area contributed by atoms with E-state index in [9.17, 15) is 4.39 Å². The van der Waals surface area contributed by atoms with Gasteiger partial charge in [0.05, 0.1) is 5.69 Å². The van der Waals surface area contributed by atoms with E-state index in [2.05, 4.69) is 9.97 Å². The van der Waals surface area contributed by atoms with Crippen LogP contribution in [0.4, 0.5) is 21.7 Å². The standard InChI is InChI=1S/C15H19FN4/c1-4-20(12-8-6-5-7-11(12)16)15-13(10(2)3)14(17)18-9-19-15/h5-10H,4H2,1-3H3,(H2,17,18,19). The third-order valence-electron chi connectivity index (χ3n) is 3.19. The highest BCUT2D eigenvalue weighted by Crippen LogP contribution is 2.34. The van der Waals surface area contributed by atoms with E-state index >= 15 is 0 Å². The number of rotatable bonds is 4. The predicted molar refractivity (Wildman–Crippen MR) is 79.6 cm³/mol. The van der Waals surface area contributed by atoms with Crippen molar-refractivity contribution >= 4 is 17.3 Å². The zero-order valence-corrected chi connectivity index (χ0v) is 12.0. The van der Waals surface area contributed by atoms with E-state index in [1.807, 2.05) is 25.7 Å². The summed E-state index contributed by atoms with van der Waals surface area (Å²) in [6.45, 7) is 6.59. The number of nitrogens with two attached hydrogens (primary N) is 1. The molecule has 2 N–H and O–H groups in total. The molecule has 0 saturated carbocycles. The SMILES string of the molecule is CCN(c1ccccc1F)c1ncnc(N)c1C(C)C. The molecule has 0 spiro atoms. The number of nitrogen functional groups attached to an aromatic ring is 1. The van der Waals surface area contributed by atoms with Gasteiger partial charge in [0.15, 0.2) is 0 Å². The van der Waals surface area contributed by atoms with Crippen LogP contribution in [-0.2, 0) is 0 Å².